The van der Waals surface area contributed by atoms with Gasteiger partial charge in [0.15, 0.2) is 0 Å². The van der Waals surface area contributed by atoms with Crippen LogP contribution in [-0.2, 0) is 4.79 Å². The number of hydrogen-bond donors (Lipinski definition) is 2. The van der Waals surface area contributed by atoms with Gasteiger partial charge in [-0.05, 0) is 23.7 Å². The molecular weight excluding hydrogens is 282 g/mol. The van der Waals surface area contributed by atoms with Gasteiger partial charge in [0, 0.05) is 18.9 Å². The molecule has 0 saturated heterocycles. The van der Waals surface area contributed by atoms with Crippen molar-refractivity contribution in [2.45, 2.75) is 32.6 Å². The van der Waals surface area contributed by atoms with Gasteiger partial charge in [-0.1, -0.05) is 50.6 Å². The Morgan fingerprint density at radius 2 is 2.00 bits per heavy atom. The third kappa shape index (κ3) is 6.53. The summed E-state index contributed by atoms with van der Waals surface area (Å²) in [6, 6.07) is 10.0. The van der Waals surface area contributed by atoms with Crippen LogP contribution in [0.3, 0.4) is 0 Å². The van der Waals surface area contributed by atoms with Crippen LogP contribution in [0.25, 0.3) is 0 Å². The molecule has 0 aliphatic heterocycles. The van der Waals surface area contributed by atoms with Gasteiger partial charge in [0.05, 0.1) is 5.92 Å². The summed E-state index contributed by atoms with van der Waals surface area (Å²) in [5.74, 6) is 2.22. The van der Waals surface area contributed by atoms with Crippen LogP contribution in [0, 0.1) is 5.92 Å². The second-order valence-corrected chi connectivity index (χ2v) is 6.48. The normalized spacial score (nSPS) is 13.7. The van der Waals surface area contributed by atoms with Crippen LogP contribution >= 0.6 is 11.8 Å². The smallest absolute Gasteiger partial charge is 0.227 e. The molecule has 0 heterocycles. The number of rotatable bonds is 10. The molecule has 0 aliphatic rings. The lowest BCUT2D eigenvalue weighted by molar-refractivity contribution is -0.123. The van der Waals surface area contributed by atoms with E-state index >= 15 is 0 Å². The number of amides is 1. The zero-order valence-corrected chi connectivity index (χ0v) is 13.9. The van der Waals surface area contributed by atoms with E-state index in [1.807, 2.05) is 30.3 Å². The summed E-state index contributed by atoms with van der Waals surface area (Å²) in [7, 11) is 0. The molecule has 0 radical (unpaired) electrons. The largest absolute Gasteiger partial charge is 0.396 e. The molecular formula is C17H27NO2S. The monoisotopic (exact) mass is 309 g/mol. The van der Waals surface area contributed by atoms with Crippen molar-refractivity contribution in [3.05, 3.63) is 35.9 Å². The van der Waals surface area contributed by atoms with Gasteiger partial charge in [-0.25, -0.2) is 0 Å². The van der Waals surface area contributed by atoms with E-state index in [1.165, 1.54) is 0 Å². The van der Waals surface area contributed by atoms with E-state index in [-0.39, 0.29) is 18.4 Å². The molecule has 0 spiro atoms. The summed E-state index contributed by atoms with van der Waals surface area (Å²) in [6.45, 7) is 5.18. The predicted molar refractivity (Wildman–Crippen MR) is 90.7 cm³/mol. The van der Waals surface area contributed by atoms with Gasteiger partial charge < -0.3 is 10.4 Å². The first-order chi connectivity index (χ1) is 10.2. The minimum atomic E-state index is -0.0707. The van der Waals surface area contributed by atoms with Crippen LogP contribution in [0.1, 0.15) is 38.2 Å². The number of nitrogens with one attached hydrogen (secondary N) is 1. The van der Waals surface area contributed by atoms with Crippen LogP contribution in [0.2, 0.25) is 0 Å². The van der Waals surface area contributed by atoms with Crippen molar-refractivity contribution in [2.75, 3.05) is 24.7 Å². The third-order valence-corrected chi connectivity index (χ3v) is 4.72. The fourth-order valence-corrected chi connectivity index (χ4v) is 3.04. The van der Waals surface area contributed by atoms with Crippen LogP contribution in [0.4, 0.5) is 0 Å². The summed E-state index contributed by atoms with van der Waals surface area (Å²) in [5.41, 5.74) is 1.09. The molecule has 0 aromatic heterocycles. The lowest BCUT2D eigenvalue weighted by Gasteiger charge is -2.22. The molecule has 118 valence electrons. The summed E-state index contributed by atoms with van der Waals surface area (Å²) in [6.07, 6.45) is 1.80. The summed E-state index contributed by atoms with van der Waals surface area (Å²) >= 11 is 1.77. The van der Waals surface area contributed by atoms with Gasteiger partial charge in [-0.15, -0.1) is 0 Å². The number of thioether (sulfide) groups is 1. The number of benzene rings is 1. The highest BCUT2D eigenvalue weighted by Crippen LogP contribution is 2.27. The number of carbonyl (C=O) groups excluding carboxylic acids is 1. The number of aliphatic hydroxyl groups excluding tert-OH is 1. The van der Waals surface area contributed by atoms with Crippen molar-refractivity contribution < 1.29 is 9.90 Å². The van der Waals surface area contributed by atoms with E-state index in [0.717, 1.165) is 29.9 Å². The molecule has 0 fully saturated rings. The predicted octanol–water partition coefficient (Wildman–Crippen LogP) is 3.05. The lowest BCUT2D eigenvalue weighted by Crippen LogP contribution is -2.34. The Kier molecular flexibility index (Phi) is 9.19. The molecule has 1 rings (SSSR count). The topological polar surface area (TPSA) is 49.3 Å². The molecule has 0 bridgehead atoms. The molecule has 1 amide bonds. The second kappa shape index (κ2) is 10.7. The Hall–Kier alpha value is -1.00. The van der Waals surface area contributed by atoms with Crippen molar-refractivity contribution in [3.63, 3.8) is 0 Å². The zero-order valence-electron chi connectivity index (χ0n) is 13.0. The van der Waals surface area contributed by atoms with Crippen molar-refractivity contribution in [1.82, 2.24) is 5.32 Å². The number of carbonyl (C=O) groups is 1. The first kappa shape index (κ1) is 18.1. The van der Waals surface area contributed by atoms with Gasteiger partial charge in [0.25, 0.3) is 0 Å². The molecule has 2 unspecified atom stereocenters. The zero-order chi connectivity index (χ0) is 15.5. The van der Waals surface area contributed by atoms with Crippen LogP contribution in [0.15, 0.2) is 30.3 Å². The van der Waals surface area contributed by atoms with Crippen molar-refractivity contribution >= 4 is 17.7 Å². The van der Waals surface area contributed by atoms with Crippen LogP contribution in [-0.4, -0.2) is 35.7 Å². The van der Waals surface area contributed by atoms with Gasteiger partial charge in [0.1, 0.15) is 0 Å². The maximum atomic E-state index is 12.5. The first-order valence-electron chi connectivity index (χ1n) is 7.72. The van der Waals surface area contributed by atoms with E-state index in [0.29, 0.717) is 12.5 Å². The Labute approximate surface area is 132 Å². The average molecular weight is 309 g/mol. The Morgan fingerprint density at radius 1 is 1.29 bits per heavy atom. The average Bonchev–Trinajstić information content (AvgIpc) is 2.51. The standard InChI is InChI=1S/C17H27NO2S/c1-3-14(2)16(15-8-5-4-6-9-15)17(20)18-10-13-21-12-7-11-19/h4-6,8-9,14,16,19H,3,7,10-13H2,1-2H3,(H,18,20). The highest BCUT2D eigenvalue weighted by molar-refractivity contribution is 7.99. The van der Waals surface area contributed by atoms with E-state index in [1.54, 1.807) is 11.8 Å². The molecule has 2 N–H and O–H groups in total. The highest BCUT2D eigenvalue weighted by atomic mass is 32.2. The SMILES string of the molecule is CCC(C)C(C(=O)NCCSCCCO)c1ccccc1. The number of aliphatic hydroxyl groups is 1. The number of hydrogen-bond acceptors (Lipinski definition) is 3. The second-order valence-electron chi connectivity index (χ2n) is 5.25. The Morgan fingerprint density at radius 3 is 2.62 bits per heavy atom. The highest BCUT2D eigenvalue weighted by Gasteiger charge is 2.25. The lowest BCUT2D eigenvalue weighted by atomic mass is 9.85. The maximum Gasteiger partial charge on any atom is 0.227 e. The van der Waals surface area contributed by atoms with E-state index < -0.39 is 0 Å². The van der Waals surface area contributed by atoms with E-state index in [4.69, 9.17) is 5.11 Å². The molecule has 3 nitrogen and oxygen atoms in total. The molecule has 1 aromatic carbocycles. The van der Waals surface area contributed by atoms with Crippen molar-refractivity contribution in [1.29, 1.82) is 0 Å². The molecule has 4 heteroatoms. The maximum absolute atomic E-state index is 12.5. The van der Waals surface area contributed by atoms with Gasteiger partial charge in [0.2, 0.25) is 5.91 Å². The third-order valence-electron chi connectivity index (χ3n) is 3.65. The minimum absolute atomic E-state index is 0.0707. The van der Waals surface area contributed by atoms with Crippen molar-refractivity contribution in [3.8, 4) is 0 Å². The van der Waals surface area contributed by atoms with E-state index in [2.05, 4.69) is 19.2 Å². The Bertz CT molecular complexity index is 397. The minimum Gasteiger partial charge on any atom is -0.396 e. The van der Waals surface area contributed by atoms with Gasteiger partial charge in [-0.2, -0.15) is 11.8 Å². The summed E-state index contributed by atoms with van der Waals surface area (Å²) < 4.78 is 0. The van der Waals surface area contributed by atoms with Crippen molar-refractivity contribution in [2.24, 2.45) is 5.92 Å². The summed E-state index contributed by atoms with van der Waals surface area (Å²) in [4.78, 5) is 12.5. The quantitative estimate of drug-likeness (QED) is 0.653. The van der Waals surface area contributed by atoms with Gasteiger partial charge in [-0.3, -0.25) is 4.79 Å². The first-order valence-corrected chi connectivity index (χ1v) is 8.87. The summed E-state index contributed by atoms with van der Waals surface area (Å²) in [5, 5.41) is 11.8. The molecule has 21 heavy (non-hydrogen) atoms. The van der Waals surface area contributed by atoms with Crippen LogP contribution < -0.4 is 5.32 Å². The molecule has 1 aromatic rings. The molecule has 0 saturated carbocycles. The van der Waals surface area contributed by atoms with Gasteiger partial charge >= 0.3 is 0 Å². The fourth-order valence-electron chi connectivity index (χ4n) is 2.26. The van der Waals surface area contributed by atoms with Crippen LogP contribution in [0.5, 0.6) is 0 Å². The molecule has 0 aliphatic carbocycles. The van der Waals surface area contributed by atoms with E-state index in [9.17, 15) is 4.79 Å². The fraction of sp³-hybridized carbons (Fsp3) is 0.588. The Balaban J connectivity index is 2.49. The molecule has 2 atom stereocenters.